The molecule has 2 aliphatic rings. The fourth-order valence-corrected chi connectivity index (χ4v) is 4.60. The van der Waals surface area contributed by atoms with Crippen LogP contribution in [0.1, 0.15) is 52.4 Å². The van der Waals surface area contributed by atoms with Gasteiger partial charge in [-0.05, 0) is 45.1 Å². The van der Waals surface area contributed by atoms with Gasteiger partial charge >= 0.3 is 0 Å². The molecule has 0 amide bonds. The summed E-state index contributed by atoms with van der Waals surface area (Å²) in [6.07, 6.45) is 7.62. The third-order valence-electron chi connectivity index (χ3n) is 5.89. The van der Waals surface area contributed by atoms with Crippen molar-refractivity contribution in [1.29, 1.82) is 0 Å². The third-order valence-corrected chi connectivity index (χ3v) is 5.89. The minimum absolute atomic E-state index is 0.195. The summed E-state index contributed by atoms with van der Waals surface area (Å²) in [7, 11) is 1.81. The highest BCUT2D eigenvalue weighted by atomic mass is 16.5. The number of nitrogens with two attached hydrogens (primary N) is 1. The first-order valence-corrected chi connectivity index (χ1v) is 8.90. The average Bonchev–Trinajstić information content (AvgIpc) is 2.98. The summed E-state index contributed by atoms with van der Waals surface area (Å²) in [5, 5.41) is 0. The van der Waals surface area contributed by atoms with Crippen LogP contribution in [0.2, 0.25) is 0 Å². The zero-order valence-electron chi connectivity index (χ0n) is 14.3. The van der Waals surface area contributed by atoms with E-state index in [2.05, 4.69) is 23.6 Å². The zero-order valence-corrected chi connectivity index (χ0v) is 14.3. The maximum atomic E-state index is 6.34. The number of fused-ring (bicyclic) bond motifs is 1. The molecule has 0 aromatic heterocycles. The van der Waals surface area contributed by atoms with E-state index in [0.29, 0.717) is 6.04 Å². The number of ether oxygens (including phenoxy) is 1. The lowest BCUT2D eigenvalue weighted by Gasteiger charge is -2.53. The normalized spacial score (nSPS) is 30.3. The van der Waals surface area contributed by atoms with Gasteiger partial charge in [0.1, 0.15) is 0 Å². The van der Waals surface area contributed by atoms with Crippen molar-refractivity contribution in [2.24, 2.45) is 5.73 Å². The monoisotopic (exact) mass is 297 g/mol. The Labute approximate surface area is 131 Å². The Morgan fingerprint density at radius 2 is 2.10 bits per heavy atom. The lowest BCUT2D eigenvalue weighted by molar-refractivity contribution is -0.0308. The van der Waals surface area contributed by atoms with Gasteiger partial charge in [-0.25, -0.2) is 0 Å². The summed E-state index contributed by atoms with van der Waals surface area (Å²) < 4.78 is 5.39. The van der Waals surface area contributed by atoms with E-state index in [1.807, 2.05) is 0 Å². The second kappa shape index (κ2) is 7.91. The molecule has 0 aliphatic carbocycles. The predicted octanol–water partition coefficient (Wildman–Crippen LogP) is 2.08. The average molecular weight is 297 g/mol. The molecule has 0 bridgehead atoms. The van der Waals surface area contributed by atoms with Crippen molar-refractivity contribution < 1.29 is 4.74 Å². The van der Waals surface area contributed by atoms with Crippen LogP contribution in [0, 0.1) is 0 Å². The number of methoxy groups -OCH3 is 1. The van der Waals surface area contributed by atoms with Gasteiger partial charge in [0.25, 0.3) is 0 Å². The second-order valence-electron chi connectivity index (χ2n) is 6.87. The van der Waals surface area contributed by atoms with E-state index in [9.17, 15) is 0 Å². The topological polar surface area (TPSA) is 41.7 Å². The summed E-state index contributed by atoms with van der Waals surface area (Å²) >= 11 is 0. The molecule has 4 nitrogen and oxygen atoms in total. The Hall–Kier alpha value is -0.160. The quantitative estimate of drug-likeness (QED) is 0.745. The number of hydrogen-bond donors (Lipinski definition) is 1. The Morgan fingerprint density at radius 1 is 1.33 bits per heavy atom. The van der Waals surface area contributed by atoms with E-state index in [-0.39, 0.29) is 5.54 Å². The van der Waals surface area contributed by atoms with E-state index in [1.165, 1.54) is 51.6 Å². The molecule has 2 atom stereocenters. The van der Waals surface area contributed by atoms with E-state index < -0.39 is 0 Å². The summed E-state index contributed by atoms with van der Waals surface area (Å²) in [6, 6.07) is 1.40. The molecule has 124 valence electrons. The molecule has 0 radical (unpaired) electrons. The lowest BCUT2D eigenvalue weighted by atomic mass is 9.80. The highest BCUT2D eigenvalue weighted by Gasteiger charge is 2.45. The van der Waals surface area contributed by atoms with Crippen LogP contribution in [0.5, 0.6) is 0 Å². The first-order chi connectivity index (χ1) is 10.2. The molecule has 0 aromatic carbocycles. The van der Waals surface area contributed by atoms with E-state index in [1.54, 1.807) is 7.11 Å². The van der Waals surface area contributed by atoms with E-state index >= 15 is 0 Å². The Morgan fingerprint density at radius 3 is 2.71 bits per heavy atom. The van der Waals surface area contributed by atoms with Gasteiger partial charge in [0.05, 0.1) is 6.61 Å². The molecule has 0 spiro atoms. The van der Waals surface area contributed by atoms with Crippen LogP contribution >= 0.6 is 0 Å². The first kappa shape index (κ1) is 17.2. The van der Waals surface area contributed by atoms with Crippen LogP contribution < -0.4 is 5.73 Å². The largest absolute Gasteiger partial charge is 0.383 e. The number of nitrogens with zero attached hydrogens (tertiary/aromatic N) is 2. The predicted molar refractivity (Wildman–Crippen MR) is 88.6 cm³/mol. The molecule has 2 N–H and O–H groups in total. The molecule has 2 aliphatic heterocycles. The van der Waals surface area contributed by atoms with Crippen LogP contribution in [0.3, 0.4) is 0 Å². The van der Waals surface area contributed by atoms with E-state index in [4.69, 9.17) is 10.5 Å². The highest BCUT2D eigenvalue weighted by Crippen LogP contribution is 2.38. The molecular formula is C17H35N3O. The number of rotatable bonds is 8. The van der Waals surface area contributed by atoms with Crippen molar-refractivity contribution in [2.45, 2.75) is 70.0 Å². The van der Waals surface area contributed by atoms with Gasteiger partial charge < -0.3 is 15.4 Å². The lowest BCUT2D eigenvalue weighted by Crippen LogP contribution is -2.64. The molecular weight excluding hydrogens is 262 g/mol. The van der Waals surface area contributed by atoms with Gasteiger partial charge in [0.2, 0.25) is 0 Å². The maximum Gasteiger partial charge on any atom is 0.0590 e. The maximum absolute atomic E-state index is 6.34. The van der Waals surface area contributed by atoms with Crippen molar-refractivity contribution in [2.75, 3.05) is 39.9 Å². The van der Waals surface area contributed by atoms with Crippen LogP contribution in [0.4, 0.5) is 0 Å². The SMILES string of the molecule is CCC(CC)N(CCOC)C1(CN)CCN2CCCC2C1. The first-order valence-electron chi connectivity index (χ1n) is 8.90. The molecule has 4 heteroatoms. The smallest absolute Gasteiger partial charge is 0.0590 e. The Balaban J connectivity index is 2.16. The molecule has 0 aromatic rings. The van der Waals surface area contributed by atoms with Gasteiger partial charge in [-0.3, -0.25) is 4.90 Å². The molecule has 2 unspecified atom stereocenters. The Bertz CT molecular complexity index is 308. The molecule has 2 fully saturated rings. The van der Waals surface area contributed by atoms with Gasteiger partial charge in [0, 0.05) is 44.4 Å². The molecule has 2 saturated heterocycles. The summed E-state index contributed by atoms with van der Waals surface area (Å²) in [4.78, 5) is 5.40. The molecule has 2 heterocycles. The van der Waals surface area contributed by atoms with Gasteiger partial charge in [-0.15, -0.1) is 0 Å². The fourth-order valence-electron chi connectivity index (χ4n) is 4.60. The van der Waals surface area contributed by atoms with Crippen molar-refractivity contribution in [3.63, 3.8) is 0 Å². The molecule has 0 saturated carbocycles. The minimum Gasteiger partial charge on any atom is -0.383 e. The van der Waals surface area contributed by atoms with Crippen molar-refractivity contribution in [3.05, 3.63) is 0 Å². The highest BCUT2D eigenvalue weighted by molar-refractivity contribution is 5.03. The Kier molecular flexibility index (Phi) is 6.48. The molecule has 21 heavy (non-hydrogen) atoms. The van der Waals surface area contributed by atoms with Gasteiger partial charge in [0.15, 0.2) is 0 Å². The van der Waals surface area contributed by atoms with Gasteiger partial charge in [-0.2, -0.15) is 0 Å². The van der Waals surface area contributed by atoms with E-state index in [0.717, 1.165) is 25.7 Å². The number of hydrogen-bond acceptors (Lipinski definition) is 4. The minimum atomic E-state index is 0.195. The third kappa shape index (κ3) is 3.61. The van der Waals surface area contributed by atoms with Crippen LogP contribution in [-0.4, -0.2) is 67.3 Å². The fraction of sp³-hybridized carbons (Fsp3) is 1.00. The second-order valence-corrected chi connectivity index (χ2v) is 6.87. The van der Waals surface area contributed by atoms with Crippen LogP contribution in [0.15, 0.2) is 0 Å². The van der Waals surface area contributed by atoms with Gasteiger partial charge in [-0.1, -0.05) is 13.8 Å². The standard InChI is InChI=1S/C17H35N3O/c1-4-15(5-2)20(11-12-21-3)17(14-18)8-10-19-9-6-7-16(19)13-17/h15-16H,4-14,18H2,1-3H3. The summed E-state index contributed by atoms with van der Waals surface area (Å²) in [5.74, 6) is 0. The molecule has 2 rings (SSSR count). The van der Waals surface area contributed by atoms with Crippen LogP contribution in [0.25, 0.3) is 0 Å². The number of piperidine rings is 1. The van der Waals surface area contributed by atoms with Crippen LogP contribution in [-0.2, 0) is 4.74 Å². The summed E-state index contributed by atoms with van der Waals surface area (Å²) in [5.41, 5.74) is 6.54. The zero-order chi connectivity index (χ0) is 15.3. The van der Waals surface area contributed by atoms with Crippen molar-refractivity contribution >= 4 is 0 Å². The van der Waals surface area contributed by atoms with Crippen molar-refractivity contribution in [3.8, 4) is 0 Å². The van der Waals surface area contributed by atoms with Crippen molar-refractivity contribution in [1.82, 2.24) is 9.80 Å². The summed E-state index contributed by atoms with van der Waals surface area (Å²) in [6.45, 7) is 9.77.